The molecule has 0 aliphatic carbocycles. The summed E-state index contributed by atoms with van der Waals surface area (Å²) in [7, 11) is 0. The number of phenols is 1. The van der Waals surface area contributed by atoms with Crippen LogP contribution < -0.4 is 29.6 Å². The van der Waals surface area contributed by atoms with E-state index in [1.807, 2.05) is 0 Å². The molecule has 0 heterocycles. The maximum absolute atomic E-state index is 10.1. The molecule has 0 amide bonds. The summed E-state index contributed by atoms with van der Waals surface area (Å²) in [4.78, 5) is 10.1. The Kier molecular flexibility index (Phi) is 4.36. The minimum absolute atomic E-state index is 0. The molecule has 10 heavy (non-hydrogen) atoms. The fraction of sp³-hybridized carbons (Fsp3) is 0. The number of para-hydroxylation sites is 1. The van der Waals surface area contributed by atoms with E-state index in [4.69, 9.17) is 5.11 Å². The first kappa shape index (κ1) is 9.69. The van der Waals surface area contributed by atoms with Gasteiger partial charge in [-0.25, -0.2) is 0 Å². The number of benzene rings is 1. The van der Waals surface area contributed by atoms with E-state index in [0.717, 1.165) is 0 Å². The van der Waals surface area contributed by atoms with Crippen LogP contribution in [0.15, 0.2) is 24.3 Å². The van der Waals surface area contributed by atoms with Crippen LogP contribution in [0.3, 0.4) is 0 Å². The van der Waals surface area contributed by atoms with Crippen molar-refractivity contribution in [3.05, 3.63) is 29.8 Å². The van der Waals surface area contributed by atoms with Gasteiger partial charge >= 0.3 is 29.6 Å². The number of phenolic OH excluding ortho intramolecular Hbond substituents is 1. The third kappa shape index (κ3) is 2.14. The summed E-state index contributed by atoms with van der Waals surface area (Å²) in [5, 5.41) is 8.88. The van der Waals surface area contributed by atoms with Gasteiger partial charge in [-0.3, -0.25) is 4.79 Å². The summed E-state index contributed by atoms with van der Waals surface area (Å²) >= 11 is 0. The molecule has 0 aromatic heterocycles. The average Bonchev–Trinajstić information content (AvgIpc) is 1.89. The van der Waals surface area contributed by atoms with Gasteiger partial charge in [-0.15, -0.1) is 0 Å². The molecule has 0 spiro atoms. The molecule has 0 saturated heterocycles. The zero-order valence-corrected chi connectivity index (χ0v) is 7.74. The average molecular weight is 146 g/mol. The molecular weight excluding hydrogens is 139 g/mol. The molecule has 3 heteroatoms. The minimum atomic E-state index is 0. The molecule has 1 N–H and O–H groups in total. The maximum Gasteiger partial charge on any atom is 1.00 e. The topological polar surface area (TPSA) is 37.3 Å². The summed E-state index contributed by atoms with van der Waals surface area (Å²) in [5.74, 6) is 0.0347. The van der Waals surface area contributed by atoms with Gasteiger partial charge in [0.1, 0.15) is 5.75 Å². The minimum Gasteiger partial charge on any atom is -1.00 e. The van der Waals surface area contributed by atoms with Gasteiger partial charge in [-0.05, 0) is 12.1 Å². The van der Waals surface area contributed by atoms with E-state index >= 15 is 0 Å². The molecule has 48 valence electrons. The Morgan fingerprint density at radius 1 is 1.40 bits per heavy atom. The largest absolute Gasteiger partial charge is 1.00 e. The second kappa shape index (κ2) is 4.50. The molecule has 0 saturated carbocycles. The van der Waals surface area contributed by atoms with Crippen molar-refractivity contribution in [3.63, 3.8) is 0 Å². The van der Waals surface area contributed by atoms with Crippen molar-refractivity contribution in [1.29, 1.82) is 0 Å². The third-order valence-corrected chi connectivity index (χ3v) is 1.06. The van der Waals surface area contributed by atoms with Gasteiger partial charge in [-0.2, -0.15) is 0 Å². The van der Waals surface area contributed by atoms with Crippen LogP contribution in [-0.4, -0.2) is 11.4 Å². The van der Waals surface area contributed by atoms with Crippen molar-refractivity contribution < 1.29 is 40.9 Å². The predicted molar refractivity (Wildman–Crippen MR) is 34.6 cm³/mol. The SMILES string of the molecule is O=Cc1ccccc1O.[H-].[Na+]. The molecule has 0 aliphatic rings. The van der Waals surface area contributed by atoms with Crippen molar-refractivity contribution in [3.8, 4) is 5.75 Å². The molecule has 1 aromatic rings. The summed E-state index contributed by atoms with van der Waals surface area (Å²) < 4.78 is 0. The number of aldehydes is 1. The van der Waals surface area contributed by atoms with Crippen LogP contribution in [0.2, 0.25) is 0 Å². The van der Waals surface area contributed by atoms with Crippen molar-refractivity contribution in [2.45, 2.75) is 0 Å². The molecule has 1 aromatic carbocycles. The van der Waals surface area contributed by atoms with Gasteiger partial charge in [0.15, 0.2) is 6.29 Å². The van der Waals surface area contributed by atoms with Gasteiger partial charge in [0.05, 0.1) is 5.56 Å². The molecule has 0 radical (unpaired) electrons. The van der Waals surface area contributed by atoms with Crippen molar-refractivity contribution in [2.24, 2.45) is 0 Å². The van der Waals surface area contributed by atoms with E-state index in [0.29, 0.717) is 11.8 Å². The number of rotatable bonds is 1. The van der Waals surface area contributed by atoms with E-state index in [2.05, 4.69) is 0 Å². The second-order valence-corrected chi connectivity index (χ2v) is 1.68. The van der Waals surface area contributed by atoms with Crippen molar-refractivity contribution in [2.75, 3.05) is 0 Å². The van der Waals surface area contributed by atoms with Crippen LogP contribution in [0.5, 0.6) is 5.75 Å². The molecular formula is C7H7NaO2. The zero-order chi connectivity index (χ0) is 6.69. The smallest absolute Gasteiger partial charge is 1.00 e. The van der Waals surface area contributed by atoms with Crippen LogP contribution in [0, 0.1) is 0 Å². The molecule has 2 nitrogen and oxygen atoms in total. The van der Waals surface area contributed by atoms with Crippen molar-refractivity contribution >= 4 is 6.29 Å². The van der Waals surface area contributed by atoms with Crippen molar-refractivity contribution in [1.82, 2.24) is 0 Å². The summed E-state index contributed by atoms with van der Waals surface area (Å²) in [6, 6.07) is 6.40. The number of carbonyl (C=O) groups excluding carboxylic acids is 1. The first-order chi connectivity index (χ1) is 4.34. The van der Waals surface area contributed by atoms with E-state index in [1.165, 1.54) is 6.07 Å². The van der Waals surface area contributed by atoms with E-state index in [-0.39, 0.29) is 36.7 Å². The van der Waals surface area contributed by atoms with Crippen LogP contribution in [0.1, 0.15) is 11.8 Å². The first-order valence-electron chi connectivity index (χ1n) is 2.58. The first-order valence-corrected chi connectivity index (χ1v) is 2.58. The van der Waals surface area contributed by atoms with E-state index in [1.54, 1.807) is 18.2 Å². The Bertz CT molecular complexity index is 227. The molecule has 0 atom stereocenters. The molecule has 0 aliphatic heterocycles. The molecule has 0 bridgehead atoms. The van der Waals surface area contributed by atoms with Gasteiger partial charge in [0, 0.05) is 0 Å². The van der Waals surface area contributed by atoms with Crippen LogP contribution in [-0.2, 0) is 0 Å². The zero-order valence-electron chi connectivity index (χ0n) is 6.74. The molecule has 1 rings (SSSR count). The standard InChI is InChI=1S/C7H6O2.Na.H/c8-5-6-3-1-2-4-7(6)9;;/h1-5,9H;;/q;+1;-1. The summed E-state index contributed by atoms with van der Waals surface area (Å²) in [6.07, 6.45) is 0.620. The Morgan fingerprint density at radius 2 is 2.00 bits per heavy atom. The fourth-order valence-electron chi connectivity index (χ4n) is 0.587. The Labute approximate surface area is 82.7 Å². The monoisotopic (exact) mass is 146 g/mol. The van der Waals surface area contributed by atoms with Crippen LogP contribution in [0.25, 0.3) is 0 Å². The summed E-state index contributed by atoms with van der Waals surface area (Å²) in [6.45, 7) is 0. The van der Waals surface area contributed by atoms with Crippen LogP contribution in [0.4, 0.5) is 0 Å². The fourth-order valence-corrected chi connectivity index (χ4v) is 0.587. The number of carbonyl (C=O) groups is 1. The van der Waals surface area contributed by atoms with Gasteiger partial charge in [-0.1, -0.05) is 12.1 Å². The third-order valence-electron chi connectivity index (χ3n) is 1.06. The molecule has 0 fully saturated rings. The Balaban J connectivity index is 0. The number of aromatic hydroxyl groups is 1. The second-order valence-electron chi connectivity index (χ2n) is 1.68. The molecule has 0 unspecified atom stereocenters. The quantitative estimate of drug-likeness (QED) is 0.379. The maximum atomic E-state index is 10.1. The van der Waals surface area contributed by atoms with E-state index < -0.39 is 0 Å². The Morgan fingerprint density at radius 3 is 2.40 bits per heavy atom. The van der Waals surface area contributed by atoms with Gasteiger partial charge < -0.3 is 6.53 Å². The normalized spacial score (nSPS) is 8.00. The van der Waals surface area contributed by atoms with Gasteiger partial charge in [0.25, 0.3) is 0 Å². The number of hydrogen-bond donors (Lipinski definition) is 1. The predicted octanol–water partition coefficient (Wildman–Crippen LogP) is -1.68. The van der Waals surface area contributed by atoms with E-state index in [9.17, 15) is 4.79 Å². The number of hydrogen-bond acceptors (Lipinski definition) is 2. The summed E-state index contributed by atoms with van der Waals surface area (Å²) in [5.41, 5.74) is 0.331. The van der Waals surface area contributed by atoms with Crippen LogP contribution >= 0.6 is 0 Å². The Hall–Kier alpha value is -0.310. The van der Waals surface area contributed by atoms with Gasteiger partial charge in [0.2, 0.25) is 0 Å².